The van der Waals surface area contributed by atoms with E-state index in [9.17, 15) is 0 Å². The van der Waals surface area contributed by atoms with E-state index in [4.69, 9.17) is 9.94 Å². The molecule has 3 unspecified atom stereocenters. The summed E-state index contributed by atoms with van der Waals surface area (Å²) in [5.41, 5.74) is 1.58. The maximum atomic E-state index is 9.12. The van der Waals surface area contributed by atoms with Crippen LogP contribution in [-0.4, -0.2) is 17.0 Å². The minimum atomic E-state index is 0.277. The van der Waals surface area contributed by atoms with E-state index in [1.807, 2.05) is 31.2 Å². The molecule has 0 spiro atoms. The summed E-state index contributed by atoms with van der Waals surface area (Å²) in [6, 6.07) is 7.86. The molecule has 0 bridgehead atoms. The van der Waals surface area contributed by atoms with Crippen LogP contribution in [0.15, 0.2) is 29.4 Å². The van der Waals surface area contributed by atoms with Gasteiger partial charge in [-0.15, -0.1) is 0 Å². The number of hydrogen-bond donors (Lipinski definition) is 1. The zero-order valence-electron chi connectivity index (χ0n) is 12.7. The first-order valence-electron chi connectivity index (χ1n) is 7.62. The molecular formula is C17H25NO2. The largest absolute Gasteiger partial charge is 0.490 e. The average molecular weight is 275 g/mol. The van der Waals surface area contributed by atoms with E-state index in [1.54, 1.807) is 0 Å². The van der Waals surface area contributed by atoms with E-state index in [2.05, 4.69) is 19.0 Å². The van der Waals surface area contributed by atoms with Gasteiger partial charge in [0.25, 0.3) is 0 Å². The Morgan fingerprint density at radius 2 is 2.00 bits per heavy atom. The molecule has 1 aliphatic rings. The number of para-hydroxylation sites is 1. The van der Waals surface area contributed by atoms with Gasteiger partial charge in [-0.3, -0.25) is 0 Å². The molecule has 0 heterocycles. The fraction of sp³-hybridized carbons (Fsp3) is 0.588. The standard InChI is InChI=1S/C17H25NO2/c1-4-16(18-19)15-7-5-6-8-17(15)20-14-10-9-12(2)13(3)11-14/h5-8,12-14,19H,4,9-11H2,1-3H3. The van der Waals surface area contributed by atoms with Gasteiger partial charge in [0.15, 0.2) is 0 Å². The van der Waals surface area contributed by atoms with Crippen LogP contribution in [0.4, 0.5) is 0 Å². The minimum Gasteiger partial charge on any atom is -0.490 e. The van der Waals surface area contributed by atoms with Crippen LogP contribution in [0.2, 0.25) is 0 Å². The molecule has 20 heavy (non-hydrogen) atoms. The number of benzene rings is 1. The Labute approximate surface area is 121 Å². The van der Waals surface area contributed by atoms with Gasteiger partial charge < -0.3 is 9.94 Å². The number of oxime groups is 1. The van der Waals surface area contributed by atoms with Gasteiger partial charge in [0.05, 0.1) is 11.8 Å². The molecule has 1 N–H and O–H groups in total. The van der Waals surface area contributed by atoms with Crippen molar-refractivity contribution in [3.8, 4) is 5.75 Å². The summed E-state index contributed by atoms with van der Waals surface area (Å²) < 4.78 is 6.20. The van der Waals surface area contributed by atoms with E-state index in [1.165, 1.54) is 6.42 Å². The van der Waals surface area contributed by atoms with Gasteiger partial charge >= 0.3 is 0 Å². The Hall–Kier alpha value is -1.51. The molecule has 0 amide bonds. The Bertz CT molecular complexity index is 470. The zero-order valence-corrected chi connectivity index (χ0v) is 12.7. The van der Waals surface area contributed by atoms with Gasteiger partial charge in [-0.1, -0.05) is 38.1 Å². The number of rotatable bonds is 4. The summed E-state index contributed by atoms with van der Waals surface area (Å²) in [6.45, 7) is 6.61. The second-order valence-corrected chi connectivity index (χ2v) is 5.90. The van der Waals surface area contributed by atoms with Crippen molar-refractivity contribution >= 4 is 5.71 Å². The molecule has 0 saturated heterocycles. The first kappa shape index (κ1) is 14.9. The summed E-state index contributed by atoms with van der Waals surface area (Å²) >= 11 is 0. The molecule has 0 radical (unpaired) electrons. The van der Waals surface area contributed by atoms with Crippen LogP contribution >= 0.6 is 0 Å². The van der Waals surface area contributed by atoms with Gasteiger partial charge in [0.2, 0.25) is 0 Å². The molecule has 3 heteroatoms. The highest BCUT2D eigenvalue weighted by Crippen LogP contribution is 2.33. The van der Waals surface area contributed by atoms with Crippen LogP contribution < -0.4 is 4.74 Å². The highest BCUT2D eigenvalue weighted by molar-refractivity contribution is 6.02. The van der Waals surface area contributed by atoms with Crippen molar-refractivity contribution in [3.63, 3.8) is 0 Å². The summed E-state index contributed by atoms with van der Waals surface area (Å²) in [5, 5.41) is 12.5. The number of ether oxygens (including phenoxy) is 1. The Morgan fingerprint density at radius 3 is 2.65 bits per heavy atom. The predicted octanol–water partition coefficient (Wildman–Crippen LogP) is 4.48. The van der Waals surface area contributed by atoms with Crippen LogP contribution in [0.25, 0.3) is 0 Å². The first-order valence-corrected chi connectivity index (χ1v) is 7.62. The molecule has 3 nitrogen and oxygen atoms in total. The number of nitrogens with zero attached hydrogens (tertiary/aromatic N) is 1. The van der Waals surface area contributed by atoms with Gasteiger partial charge in [-0.05, 0) is 49.7 Å². The van der Waals surface area contributed by atoms with E-state index >= 15 is 0 Å². The molecule has 1 saturated carbocycles. The first-order chi connectivity index (χ1) is 9.65. The second kappa shape index (κ2) is 6.78. The van der Waals surface area contributed by atoms with Gasteiger partial charge in [-0.25, -0.2) is 0 Å². The summed E-state index contributed by atoms with van der Waals surface area (Å²) in [5.74, 6) is 2.34. The molecular weight excluding hydrogens is 250 g/mol. The maximum Gasteiger partial charge on any atom is 0.128 e. The Morgan fingerprint density at radius 1 is 1.25 bits per heavy atom. The lowest BCUT2D eigenvalue weighted by atomic mass is 9.80. The van der Waals surface area contributed by atoms with E-state index in [-0.39, 0.29) is 6.10 Å². The summed E-state index contributed by atoms with van der Waals surface area (Å²) in [4.78, 5) is 0. The lowest BCUT2D eigenvalue weighted by molar-refractivity contribution is 0.100. The minimum absolute atomic E-state index is 0.277. The SMILES string of the molecule is CCC(=NO)c1ccccc1OC1CCC(C)C(C)C1. The van der Waals surface area contributed by atoms with Crippen molar-refractivity contribution in [1.82, 2.24) is 0 Å². The van der Waals surface area contributed by atoms with Gasteiger partial charge in [-0.2, -0.15) is 0 Å². The predicted molar refractivity (Wildman–Crippen MR) is 81.7 cm³/mol. The fourth-order valence-corrected chi connectivity index (χ4v) is 2.91. The third kappa shape index (κ3) is 3.33. The van der Waals surface area contributed by atoms with Crippen LogP contribution in [0, 0.1) is 11.8 Å². The Balaban J connectivity index is 2.14. The molecule has 0 aliphatic heterocycles. The van der Waals surface area contributed by atoms with Crippen molar-refractivity contribution < 1.29 is 9.94 Å². The third-order valence-electron chi connectivity index (χ3n) is 4.50. The molecule has 1 aromatic rings. The molecule has 1 aromatic carbocycles. The summed E-state index contributed by atoms with van der Waals surface area (Å²) in [7, 11) is 0. The van der Waals surface area contributed by atoms with Crippen LogP contribution in [0.5, 0.6) is 5.75 Å². The Kier molecular flexibility index (Phi) is 5.05. The van der Waals surface area contributed by atoms with Crippen LogP contribution in [0.3, 0.4) is 0 Å². The van der Waals surface area contributed by atoms with Crippen molar-refractivity contribution in [2.24, 2.45) is 17.0 Å². The van der Waals surface area contributed by atoms with Crippen molar-refractivity contribution in [1.29, 1.82) is 0 Å². The molecule has 2 rings (SSSR count). The number of hydrogen-bond acceptors (Lipinski definition) is 3. The van der Waals surface area contributed by atoms with Crippen LogP contribution in [0.1, 0.15) is 52.0 Å². The van der Waals surface area contributed by atoms with Gasteiger partial charge in [0.1, 0.15) is 5.75 Å². The van der Waals surface area contributed by atoms with E-state index in [0.29, 0.717) is 18.1 Å². The van der Waals surface area contributed by atoms with Gasteiger partial charge in [0, 0.05) is 5.56 Å². The maximum absolute atomic E-state index is 9.12. The molecule has 1 fully saturated rings. The lowest BCUT2D eigenvalue weighted by Crippen LogP contribution is -2.29. The van der Waals surface area contributed by atoms with Crippen molar-refractivity contribution in [2.75, 3.05) is 0 Å². The highest BCUT2D eigenvalue weighted by Gasteiger charge is 2.26. The normalized spacial score (nSPS) is 27.4. The molecule has 110 valence electrons. The second-order valence-electron chi connectivity index (χ2n) is 5.90. The molecule has 1 aliphatic carbocycles. The van der Waals surface area contributed by atoms with Crippen molar-refractivity contribution in [2.45, 2.75) is 52.6 Å². The zero-order chi connectivity index (χ0) is 14.5. The lowest BCUT2D eigenvalue weighted by Gasteiger charge is -2.32. The average Bonchev–Trinajstić information content (AvgIpc) is 2.46. The smallest absolute Gasteiger partial charge is 0.128 e. The fourth-order valence-electron chi connectivity index (χ4n) is 2.91. The molecule has 0 aromatic heterocycles. The topological polar surface area (TPSA) is 41.8 Å². The molecule has 3 atom stereocenters. The van der Waals surface area contributed by atoms with E-state index < -0.39 is 0 Å². The third-order valence-corrected chi connectivity index (χ3v) is 4.50. The highest BCUT2D eigenvalue weighted by atomic mass is 16.5. The van der Waals surface area contributed by atoms with Crippen molar-refractivity contribution in [3.05, 3.63) is 29.8 Å². The quantitative estimate of drug-likeness (QED) is 0.500. The summed E-state index contributed by atoms with van der Waals surface area (Å²) in [6.07, 6.45) is 4.40. The monoisotopic (exact) mass is 275 g/mol. The van der Waals surface area contributed by atoms with E-state index in [0.717, 1.165) is 30.1 Å². The van der Waals surface area contributed by atoms with Crippen LogP contribution in [-0.2, 0) is 0 Å².